The lowest BCUT2D eigenvalue weighted by Crippen LogP contribution is -2.23. The summed E-state index contributed by atoms with van der Waals surface area (Å²) in [5, 5.41) is 6.44. The summed E-state index contributed by atoms with van der Waals surface area (Å²) in [6, 6.07) is 9.79. The number of carbonyl (C=O) groups is 1. The minimum atomic E-state index is -0.204. The smallest absolute Gasteiger partial charge is 0.235 e. The SMILES string of the molecule is O=C(CCl)NCc1csc(-c2cc3ccccc3o2)n1. The first kappa shape index (κ1) is 13.1. The standard InChI is InChI=1S/C14H11ClN2O2S/c15-6-13(18)16-7-10-8-20-14(17-10)12-5-9-3-1-2-4-11(9)19-12/h1-5,8H,6-7H2,(H,16,18). The Balaban J connectivity index is 1.80. The van der Waals surface area contributed by atoms with Gasteiger partial charge in [-0.25, -0.2) is 4.98 Å². The Hall–Kier alpha value is -1.85. The van der Waals surface area contributed by atoms with Crippen LogP contribution in [0.25, 0.3) is 21.7 Å². The quantitative estimate of drug-likeness (QED) is 0.752. The van der Waals surface area contributed by atoms with Gasteiger partial charge in [-0.05, 0) is 12.1 Å². The van der Waals surface area contributed by atoms with E-state index in [9.17, 15) is 4.79 Å². The van der Waals surface area contributed by atoms with Gasteiger partial charge in [0.15, 0.2) is 10.8 Å². The molecule has 1 aromatic carbocycles. The molecule has 102 valence electrons. The van der Waals surface area contributed by atoms with Gasteiger partial charge < -0.3 is 9.73 Å². The molecule has 0 saturated heterocycles. The highest BCUT2D eigenvalue weighted by Crippen LogP contribution is 2.29. The topological polar surface area (TPSA) is 55.1 Å². The second kappa shape index (κ2) is 5.64. The largest absolute Gasteiger partial charge is 0.454 e. The average molecular weight is 307 g/mol. The fourth-order valence-electron chi connectivity index (χ4n) is 1.83. The number of alkyl halides is 1. The molecule has 1 amide bonds. The van der Waals surface area contributed by atoms with Gasteiger partial charge in [-0.15, -0.1) is 22.9 Å². The third kappa shape index (κ3) is 2.69. The lowest BCUT2D eigenvalue weighted by atomic mass is 10.2. The summed E-state index contributed by atoms with van der Waals surface area (Å²) in [5.74, 6) is 0.497. The molecular formula is C14H11ClN2O2S. The van der Waals surface area contributed by atoms with E-state index in [2.05, 4.69) is 10.3 Å². The van der Waals surface area contributed by atoms with E-state index in [1.807, 2.05) is 35.7 Å². The van der Waals surface area contributed by atoms with Gasteiger partial charge in [0.25, 0.3) is 0 Å². The van der Waals surface area contributed by atoms with Crippen LogP contribution in [-0.4, -0.2) is 16.8 Å². The van der Waals surface area contributed by atoms with E-state index >= 15 is 0 Å². The number of para-hydroxylation sites is 1. The molecule has 3 aromatic rings. The van der Waals surface area contributed by atoms with E-state index in [0.717, 1.165) is 27.4 Å². The van der Waals surface area contributed by atoms with E-state index in [0.29, 0.717) is 6.54 Å². The van der Waals surface area contributed by atoms with Gasteiger partial charge in [0, 0.05) is 10.8 Å². The number of nitrogens with zero attached hydrogens (tertiary/aromatic N) is 1. The number of benzene rings is 1. The highest BCUT2D eigenvalue weighted by atomic mass is 35.5. The van der Waals surface area contributed by atoms with Crippen molar-refractivity contribution in [3.63, 3.8) is 0 Å². The van der Waals surface area contributed by atoms with Crippen LogP contribution in [0, 0.1) is 0 Å². The van der Waals surface area contributed by atoms with Crippen molar-refractivity contribution < 1.29 is 9.21 Å². The zero-order chi connectivity index (χ0) is 13.9. The Morgan fingerprint density at radius 2 is 2.25 bits per heavy atom. The molecule has 0 unspecified atom stereocenters. The maximum atomic E-state index is 11.1. The van der Waals surface area contributed by atoms with Crippen LogP contribution >= 0.6 is 22.9 Å². The molecule has 6 heteroatoms. The maximum absolute atomic E-state index is 11.1. The van der Waals surface area contributed by atoms with E-state index in [4.69, 9.17) is 16.0 Å². The predicted molar refractivity (Wildman–Crippen MR) is 79.9 cm³/mol. The van der Waals surface area contributed by atoms with Crippen LogP contribution in [0.1, 0.15) is 5.69 Å². The molecule has 0 aliphatic carbocycles. The summed E-state index contributed by atoms with van der Waals surface area (Å²) in [6.07, 6.45) is 0. The molecule has 0 saturated carbocycles. The predicted octanol–water partition coefficient (Wildman–Crippen LogP) is 3.41. The number of aromatic nitrogens is 1. The summed E-state index contributed by atoms with van der Waals surface area (Å²) in [5.41, 5.74) is 1.64. The molecule has 0 aliphatic rings. The third-order valence-electron chi connectivity index (χ3n) is 2.78. The Kier molecular flexibility index (Phi) is 3.71. The Morgan fingerprint density at radius 3 is 3.05 bits per heavy atom. The molecule has 0 radical (unpaired) electrons. The Morgan fingerprint density at radius 1 is 1.40 bits per heavy atom. The Bertz CT molecular complexity index is 717. The summed E-state index contributed by atoms with van der Waals surface area (Å²) in [4.78, 5) is 15.5. The van der Waals surface area contributed by atoms with Crippen molar-refractivity contribution in [3.8, 4) is 10.8 Å². The molecule has 2 heterocycles. The molecule has 2 aromatic heterocycles. The van der Waals surface area contributed by atoms with Crippen LogP contribution in [0.5, 0.6) is 0 Å². The lowest BCUT2D eigenvalue weighted by molar-refractivity contribution is -0.118. The molecule has 0 bridgehead atoms. The molecule has 20 heavy (non-hydrogen) atoms. The van der Waals surface area contributed by atoms with Gasteiger partial charge in [0.1, 0.15) is 11.5 Å². The first-order valence-electron chi connectivity index (χ1n) is 6.02. The number of thiazole rings is 1. The molecule has 1 N–H and O–H groups in total. The first-order chi connectivity index (χ1) is 9.76. The van der Waals surface area contributed by atoms with Crippen LogP contribution in [0.2, 0.25) is 0 Å². The number of fused-ring (bicyclic) bond motifs is 1. The van der Waals surface area contributed by atoms with Crippen molar-refractivity contribution in [2.75, 3.05) is 5.88 Å². The molecule has 0 fully saturated rings. The van der Waals surface area contributed by atoms with Crippen molar-refractivity contribution >= 4 is 39.8 Å². The second-order valence-electron chi connectivity index (χ2n) is 4.20. The number of hydrogen-bond donors (Lipinski definition) is 1. The molecule has 0 spiro atoms. The molecular weight excluding hydrogens is 296 g/mol. The van der Waals surface area contributed by atoms with Crippen molar-refractivity contribution in [2.45, 2.75) is 6.54 Å². The highest BCUT2D eigenvalue weighted by molar-refractivity contribution is 7.13. The molecule has 0 aliphatic heterocycles. The zero-order valence-corrected chi connectivity index (χ0v) is 12.0. The number of hydrogen-bond acceptors (Lipinski definition) is 4. The van der Waals surface area contributed by atoms with Crippen LogP contribution in [-0.2, 0) is 11.3 Å². The summed E-state index contributed by atoms with van der Waals surface area (Å²) in [7, 11) is 0. The van der Waals surface area contributed by atoms with Crippen LogP contribution in [0.3, 0.4) is 0 Å². The van der Waals surface area contributed by atoms with Gasteiger partial charge >= 0.3 is 0 Å². The fourth-order valence-corrected chi connectivity index (χ4v) is 2.69. The third-order valence-corrected chi connectivity index (χ3v) is 3.92. The van der Waals surface area contributed by atoms with E-state index < -0.39 is 0 Å². The van der Waals surface area contributed by atoms with Crippen molar-refractivity contribution in [1.82, 2.24) is 10.3 Å². The first-order valence-corrected chi connectivity index (χ1v) is 7.43. The van der Waals surface area contributed by atoms with Crippen molar-refractivity contribution in [3.05, 3.63) is 41.4 Å². The van der Waals surface area contributed by atoms with Crippen molar-refractivity contribution in [1.29, 1.82) is 0 Å². The molecule has 4 nitrogen and oxygen atoms in total. The van der Waals surface area contributed by atoms with Gasteiger partial charge in [-0.2, -0.15) is 0 Å². The minimum absolute atomic E-state index is 0.0411. The average Bonchev–Trinajstić information content (AvgIpc) is 3.10. The van der Waals surface area contributed by atoms with E-state index in [-0.39, 0.29) is 11.8 Å². The molecule has 0 atom stereocenters. The zero-order valence-electron chi connectivity index (χ0n) is 10.4. The van der Waals surface area contributed by atoms with Crippen LogP contribution in [0.15, 0.2) is 40.1 Å². The summed E-state index contributed by atoms with van der Waals surface area (Å²) >= 11 is 6.91. The number of halogens is 1. The lowest BCUT2D eigenvalue weighted by Gasteiger charge is -1.98. The summed E-state index contributed by atoms with van der Waals surface area (Å²) < 4.78 is 5.75. The number of nitrogens with one attached hydrogen (secondary N) is 1. The minimum Gasteiger partial charge on any atom is -0.454 e. The summed E-state index contributed by atoms with van der Waals surface area (Å²) in [6.45, 7) is 0.377. The van der Waals surface area contributed by atoms with Crippen LogP contribution < -0.4 is 5.32 Å². The van der Waals surface area contributed by atoms with Gasteiger partial charge in [0.05, 0.1) is 12.2 Å². The van der Waals surface area contributed by atoms with Gasteiger partial charge in [-0.1, -0.05) is 18.2 Å². The number of rotatable bonds is 4. The normalized spacial score (nSPS) is 10.8. The van der Waals surface area contributed by atoms with Gasteiger partial charge in [-0.3, -0.25) is 4.79 Å². The highest BCUT2D eigenvalue weighted by Gasteiger charge is 2.10. The fraction of sp³-hybridized carbons (Fsp3) is 0.143. The number of carbonyl (C=O) groups excluding carboxylic acids is 1. The second-order valence-corrected chi connectivity index (χ2v) is 5.33. The Labute approximate surface area is 124 Å². The number of amides is 1. The van der Waals surface area contributed by atoms with E-state index in [1.165, 1.54) is 11.3 Å². The monoisotopic (exact) mass is 306 g/mol. The number of furan rings is 1. The van der Waals surface area contributed by atoms with E-state index in [1.54, 1.807) is 0 Å². The maximum Gasteiger partial charge on any atom is 0.235 e. The molecule has 3 rings (SSSR count). The van der Waals surface area contributed by atoms with Crippen molar-refractivity contribution in [2.24, 2.45) is 0 Å². The van der Waals surface area contributed by atoms with Crippen LogP contribution in [0.4, 0.5) is 0 Å². The van der Waals surface area contributed by atoms with Gasteiger partial charge in [0.2, 0.25) is 5.91 Å².